The Bertz CT molecular complexity index is 866. The lowest BCUT2D eigenvalue weighted by Gasteiger charge is -2.30. The van der Waals surface area contributed by atoms with Crippen LogP contribution in [0.5, 0.6) is 0 Å². The van der Waals surface area contributed by atoms with Crippen molar-refractivity contribution in [3.05, 3.63) is 60.1 Å². The van der Waals surface area contributed by atoms with Gasteiger partial charge in [-0.1, -0.05) is 12.1 Å². The maximum absolute atomic E-state index is 13.0. The number of halogens is 1. The van der Waals surface area contributed by atoms with Gasteiger partial charge in [-0.3, -0.25) is 4.79 Å². The van der Waals surface area contributed by atoms with Crippen molar-refractivity contribution in [2.45, 2.75) is 25.2 Å². The molecule has 1 saturated heterocycles. The number of furan rings is 1. The van der Waals surface area contributed by atoms with Crippen LogP contribution in [0.1, 0.15) is 30.2 Å². The Labute approximate surface area is 149 Å². The summed E-state index contributed by atoms with van der Waals surface area (Å²) < 4.78 is 23.7. The number of carbonyl (C=O) groups is 1. The Morgan fingerprint density at radius 1 is 1.15 bits per heavy atom. The summed E-state index contributed by atoms with van der Waals surface area (Å²) in [6, 6.07) is 7.82. The first-order valence-corrected chi connectivity index (χ1v) is 8.57. The fourth-order valence-corrected chi connectivity index (χ4v) is 3.17. The molecule has 0 unspecified atom stereocenters. The van der Waals surface area contributed by atoms with Crippen LogP contribution in [0.4, 0.5) is 4.39 Å². The van der Waals surface area contributed by atoms with E-state index in [4.69, 9.17) is 8.83 Å². The Kier molecular flexibility index (Phi) is 4.51. The molecule has 0 bridgehead atoms. The van der Waals surface area contributed by atoms with Crippen LogP contribution in [0.25, 0.3) is 11.5 Å². The number of amides is 1. The zero-order valence-corrected chi connectivity index (χ0v) is 14.1. The molecule has 1 aliphatic heterocycles. The van der Waals surface area contributed by atoms with Crippen molar-refractivity contribution in [3.63, 3.8) is 0 Å². The molecule has 4 rings (SSSR count). The van der Waals surface area contributed by atoms with Crippen LogP contribution in [0.3, 0.4) is 0 Å². The normalized spacial score (nSPS) is 15.3. The molecular formula is C19H18FN3O3. The van der Waals surface area contributed by atoms with Gasteiger partial charge in [0.25, 0.3) is 5.89 Å². The maximum Gasteiger partial charge on any atom is 0.250 e. The monoisotopic (exact) mass is 355 g/mol. The van der Waals surface area contributed by atoms with E-state index in [-0.39, 0.29) is 24.1 Å². The summed E-state index contributed by atoms with van der Waals surface area (Å²) in [7, 11) is 0. The van der Waals surface area contributed by atoms with Crippen LogP contribution in [-0.4, -0.2) is 34.1 Å². The molecule has 3 aromatic rings. The lowest BCUT2D eigenvalue weighted by Crippen LogP contribution is -2.38. The molecule has 0 aliphatic carbocycles. The van der Waals surface area contributed by atoms with Gasteiger partial charge in [0.05, 0.1) is 18.2 Å². The zero-order valence-electron chi connectivity index (χ0n) is 14.1. The smallest absolute Gasteiger partial charge is 0.250 e. The van der Waals surface area contributed by atoms with Crippen molar-refractivity contribution in [3.8, 4) is 11.5 Å². The van der Waals surface area contributed by atoms with Crippen LogP contribution in [-0.2, 0) is 11.2 Å². The van der Waals surface area contributed by atoms with Crippen LogP contribution < -0.4 is 0 Å². The Hall–Kier alpha value is -2.96. The fraction of sp³-hybridized carbons (Fsp3) is 0.316. The fourth-order valence-electron chi connectivity index (χ4n) is 3.17. The predicted molar refractivity (Wildman–Crippen MR) is 90.7 cm³/mol. The molecule has 0 N–H and O–H groups in total. The molecular weight excluding hydrogens is 337 g/mol. The van der Waals surface area contributed by atoms with Gasteiger partial charge in [-0.05, 0) is 36.6 Å². The SMILES string of the molecule is O=C(Cc1ccc(F)cc1)N1CCC(c2nnc(-c3ccoc3)o2)CC1. The first-order valence-electron chi connectivity index (χ1n) is 8.57. The molecule has 3 heterocycles. The van der Waals surface area contributed by atoms with E-state index in [0.29, 0.717) is 24.9 Å². The average molecular weight is 355 g/mol. The van der Waals surface area contributed by atoms with Crippen LogP contribution in [0, 0.1) is 5.82 Å². The summed E-state index contributed by atoms with van der Waals surface area (Å²) in [5, 5.41) is 8.21. The summed E-state index contributed by atoms with van der Waals surface area (Å²) >= 11 is 0. The predicted octanol–water partition coefficient (Wildman–Crippen LogP) is 3.42. The molecule has 6 nitrogen and oxygen atoms in total. The van der Waals surface area contributed by atoms with E-state index in [2.05, 4.69) is 10.2 Å². The number of rotatable bonds is 4. The third kappa shape index (κ3) is 3.51. The number of benzene rings is 1. The molecule has 26 heavy (non-hydrogen) atoms. The Morgan fingerprint density at radius 2 is 1.92 bits per heavy atom. The summed E-state index contributed by atoms with van der Waals surface area (Å²) in [5.41, 5.74) is 1.58. The van der Waals surface area contributed by atoms with E-state index in [0.717, 1.165) is 24.0 Å². The molecule has 1 amide bonds. The van der Waals surface area contributed by atoms with Gasteiger partial charge < -0.3 is 13.7 Å². The van der Waals surface area contributed by atoms with Crippen molar-refractivity contribution in [1.29, 1.82) is 0 Å². The van der Waals surface area contributed by atoms with E-state index >= 15 is 0 Å². The molecule has 0 atom stereocenters. The third-order valence-corrected chi connectivity index (χ3v) is 4.67. The number of carbonyl (C=O) groups excluding carboxylic acids is 1. The van der Waals surface area contributed by atoms with E-state index in [1.165, 1.54) is 12.1 Å². The third-order valence-electron chi connectivity index (χ3n) is 4.67. The highest BCUT2D eigenvalue weighted by atomic mass is 19.1. The van der Waals surface area contributed by atoms with Crippen LogP contribution in [0.2, 0.25) is 0 Å². The zero-order chi connectivity index (χ0) is 17.9. The van der Waals surface area contributed by atoms with Crippen molar-refractivity contribution < 1.29 is 18.0 Å². The second-order valence-corrected chi connectivity index (χ2v) is 6.42. The number of hydrogen-bond donors (Lipinski definition) is 0. The largest absolute Gasteiger partial charge is 0.472 e. The maximum atomic E-state index is 13.0. The highest BCUT2D eigenvalue weighted by Crippen LogP contribution is 2.29. The second-order valence-electron chi connectivity index (χ2n) is 6.42. The highest BCUT2D eigenvalue weighted by Gasteiger charge is 2.27. The minimum atomic E-state index is -0.295. The molecule has 1 aromatic carbocycles. The van der Waals surface area contributed by atoms with Crippen molar-refractivity contribution in [1.82, 2.24) is 15.1 Å². The number of piperidine rings is 1. The van der Waals surface area contributed by atoms with Gasteiger partial charge in [0, 0.05) is 19.0 Å². The van der Waals surface area contributed by atoms with Crippen molar-refractivity contribution >= 4 is 5.91 Å². The Morgan fingerprint density at radius 3 is 2.62 bits per heavy atom. The second kappa shape index (κ2) is 7.11. The van der Waals surface area contributed by atoms with Gasteiger partial charge in [-0.15, -0.1) is 10.2 Å². The van der Waals surface area contributed by atoms with Crippen LogP contribution in [0.15, 0.2) is 51.7 Å². The quantitative estimate of drug-likeness (QED) is 0.717. The summed E-state index contributed by atoms with van der Waals surface area (Å²) in [4.78, 5) is 14.3. The number of hydrogen-bond acceptors (Lipinski definition) is 5. The number of aromatic nitrogens is 2. The number of nitrogens with zero attached hydrogens (tertiary/aromatic N) is 3. The first-order chi connectivity index (χ1) is 12.7. The highest BCUT2D eigenvalue weighted by molar-refractivity contribution is 5.78. The Balaban J connectivity index is 1.33. The first kappa shape index (κ1) is 16.5. The molecule has 1 fully saturated rings. The van der Waals surface area contributed by atoms with Gasteiger partial charge >= 0.3 is 0 Å². The van der Waals surface area contributed by atoms with Gasteiger partial charge in [0.1, 0.15) is 12.1 Å². The van der Waals surface area contributed by atoms with E-state index < -0.39 is 0 Å². The topological polar surface area (TPSA) is 72.4 Å². The van der Waals surface area contributed by atoms with Crippen molar-refractivity contribution in [2.24, 2.45) is 0 Å². The molecule has 1 aliphatic rings. The van der Waals surface area contributed by atoms with E-state index in [1.807, 2.05) is 4.90 Å². The molecule has 2 aromatic heterocycles. The van der Waals surface area contributed by atoms with Gasteiger partial charge in [0.2, 0.25) is 11.8 Å². The standard InChI is InChI=1S/C19H18FN3O3/c20-16-3-1-13(2-4-16)11-17(24)23-8-5-14(6-9-23)18-21-22-19(26-18)15-7-10-25-12-15/h1-4,7,10,12,14H,5-6,8-9,11H2. The molecule has 0 saturated carbocycles. The molecule has 0 spiro atoms. The van der Waals surface area contributed by atoms with Gasteiger partial charge in [-0.2, -0.15) is 0 Å². The van der Waals surface area contributed by atoms with Gasteiger partial charge in [0.15, 0.2) is 0 Å². The molecule has 7 heteroatoms. The molecule has 134 valence electrons. The summed E-state index contributed by atoms with van der Waals surface area (Å²) in [5.74, 6) is 0.962. The van der Waals surface area contributed by atoms with E-state index in [1.54, 1.807) is 30.7 Å². The minimum absolute atomic E-state index is 0.0553. The lowest BCUT2D eigenvalue weighted by atomic mass is 9.96. The average Bonchev–Trinajstić information content (AvgIpc) is 3.35. The van der Waals surface area contributed by atoms with Crippen molar-refractivity contribution in [2.75, 3.05) is 13.1 Å². The minimum Gasteiger partial charge on any atom is -0.472 e. The van der Waals surface area contributed by atoms with Gasteiger partial charge in [-0.25, -0.2) is 4.39 Å². The van der Waals surface area contributed by atoms with Crippen LogP contribution >= 0.6 is 0 Å². The number of likely N-dealkylation sites (tertiary alicyclic amines) is 1. The summed E-state index contributed by atoms with van der Waals surface area (Å²) in [6.45, 7) is 1.29. The van der Waals surface area contributed by atoms with E-state index in [9.17, 15) is 9.18 Å². The molecule has 0 radical (unpaired) electrons. The lowest BCUT2D eigenvalue weighted by molar-refractivity contribution is -0.131. The summed E-state index contributed by atoms with van der Waals surface area (Å²) in [6.07, 6.45) is 4.97.